The van der Waals surface area contributed by atoms with Crippen LogP contribution in [-0.2, 0) is 6.54 Å². The van der Waals surface area contributed by atoms with E-state index in [2.05, 4.69) is 23.4 Å². The quantitative estimate of drug-likeness (QED) is 0.766. The van der Waals surface area contributed by atoms with Gasteiger partial charge in [0.1, 0.15) is 5.82 Å². The molecule has 0 bridgehead atoms. The van der Waals surface area contributed by atoms with E-state index in [0.29, 0.717) is 5.92 Å². The fraction of sp³-hybridized carbons (Fsp3) is 0.700. The van der Waals surface area contributed by atoms with Crippen LogP contribution in [0.4, 0.5) is 0 Å². The van der Waals surface area contributed by atoms with Crippen molar-refractivity contribution in [3.05, 3.63) is 18.2 Å². The number of nitrogens with zero attached hydrogens (tertiary/aromatic N) is 2. The minimum absolute atomic E-state index is 0.234. The molecule has 0 aliphatic carbocycles. The molecular formula is C10H19N3. The highest BCUT2D eigenvalue weighted by Crippen LogP contribution is 2.08. The summed E-state index contributed by atoms with van der Waals surface area (Å²) in [5.74, 6) is 1.61. The van der Waals surface area contributed by atoms with Crippen LogP contribution in [0.25, 0.3) is 0 Å². The molecule has 1 heterocycles. The van der Waals surface area contributed by atoms with Crippen LogP contribution in [0.5, 0.6) is 0 Å². The van der Waals surface area contributed by atoms with Gasteiger partial charge in [0, 0.05) is 25.0 Å². The molecule has 0 spiro atoms. The maximum absolute atomic E-state index is 6.04. The van der Waals surface area contributed by atoms with Crippen molar-refractivity contribution in [1.29, 1.82) is 0 Å². The van der Waals surface area contributed by atoms with Crippen LogP contribution in [0.1, 0.15) is 26.1 Å². The Morgan fingerprint density at radius 2 is 2.31 bits per heavy atom. The zero-order valence-electron chi connectivity index (χ0n) is 8.70. The van der Waals surface area contributed by atoms with Gasteiger partial charge in [-0.15, -0.1) is 0 Å². The largest absolute Gasteiger partial charge is 0.334 e. The van der Waals surface area contributed by atoms with Gasteiger partial charge in [0.25, 0.3) is 0 Å². The van der Waals surface area contributed by atoms with Crippen molar-refractivity contribution in [2.45, 2.75) is 39.8 Å². The van der Waals surface area contributed by atoms with Crippen LogP contribution < -0.4 is 5.73 Å². The second-order valence-corrected chi connectivity index (χ2v) is 3.68. The van der Waals surface area contributed by atoms with Gasteiger partial charge in [-0.2, -0.15) is 0 Å². The molecule has 0 fully saturated rings. The predicted octanol–water partition coefficient (Wildman–Crippen LogP) is 1.56. The average molecular weight is 181 g/mol. The van der Waals surface area contributed by atoms with Gasteiger partial charge in [0.15, 0.2) is 0 Å². The van der Waals surface area contributed by atoms with Crippen molar-refractivity contribution in [2.75, 3.05) is 0 Å². The molecule has 3 nitrogen and oxygen atoms in total. The van der Waals surface area contributed by atoms with Crippen molar-refractivity contribution in [2.24, 2.45) is 11.7 Å². The van der Waals surface area contributed by atoms with Crippen LogP contribution in [0.2, 0.25) is 0 Å². The zero-order valence-corrected chi connectivity index (χ0v) is 8.70. The van der Waals surface area contributed by atoms with E-state index in [-0.39, 0.29) is 6.04 Å². The fourth-order valence-corrected chi connectivity index (χ4v) is 1.31. The Morgan fingerprint density at radius 3 is 2.77 bits per heavy atom. The summed E-state index contributed by atoms with van der Waals surface area (Å²) in [6, 6.07) is 0.234. The molecule has 1 rings (SSSR count). The lowest BCUT2D eigenvalue weighted by Gasteiger charge is -2.19. The van der Waals surface area contributed by atoms with Crippen LogP contribution in [0, 0.1) is 12.8 Å². The predicted molar refractivity (Wildman–Crippen MR) is 54.4 cm³/mol. The van der Waals surface area contributed by atoms with Gasteiger partial charge < -0.3 is 10.3 Å². The van der Waals surface area contributed by atoms with E-state index >= 15 is 0 Å². The first-order valence-electron chi connectivity index (χ1n) is 4.88. The number of nitrogens with two attached hydrogens (primary N) is 1. The summed E-state index contributed by atoms with van der Waals surface area (Å²) in [6.45, 7) is 7.24. The molecule has 0 amide bonds. The van der Waals surface area contributed by atoms with Gasteiger partial charge in [-0.05, 0) is 12.8 Å². The summed E-state index contributed by atoms with van der Waals surface area (Å²) < 4.78 is 2.11. The van der Waals surface area contributed by atoms with Crippen LogP contribution >= 0.6 is 0 Å². The summed E-state index contributed by atoms with van der Waals surface area (Å²) in [6.07, 6.45) is 4.94. The van der Waals surface area contributed by atoms with Crippen molar-refractivity contribution in [1.82, 2.24) is 9.55 Å². The molecule has 3 heteroatoms. The molecule has 0 aliphatic heterocycles. The molecule has 0 radical (unpaired) electrons. The lowest BCUT2D eigenvalue weighted by Crippen LogP contribution is -2.32. The van der Waals surface area contributed by atoms with Crippen LogP contribution in [-0.4, -0.2) is 15.6 Å². The first-order valence-corrected chi connectivity index (χ1v) is 4.88. The van der Waals surface area contributed by atoms with Gasteiger partial charge in [0.05, 0.1) is 0 Å². The SMILES string of the molecule is CCC(C)C(N)Cn1ccnc1C. The second kappa shape index (κ2) is 4.42. The Balaban J connectivity index is 2.54. The number of hydrogen-bond donors (Lipinski definition) is 1. The Kier molecular flexibility index (Phi) is 3.48. The van der Waals surface area contributed by atoms with Gasteiger partial charge >= 0.3 is 0 Å². The van der Waals surface area contributed by atoms with Crippen LogP contribution in [0.15, 0.2) is 12.4 Å². The van der Waals surface area contributed by atoms with E-state index in [9.17, 15) is 0 Å². The molecule has 74 valence electrons. The molecule has 0 saturated carbocycles. The van der Waals surface area contributed by atoms with Crippen molar-refractivity contribution in [3.63, 3.8) is 0 Å². The zero-order chi connectivity index (χ0) is 9.84. The smallest absolute Gasteiger partial charge is 0.105 e. The van der Waals surface area contributed by atoms with E-state index in [4.69, 9.17) is 5.73 Å². The highest BCUT2D eigenvalue weighted by molar-refractivity contribution is 4.89. The summed E-state index contributed by atoms with van der Waals surface area (Å²) in [5, 5.41) is 0. The Hall–Kier alpha value is -0.830. The van der Waals surface area contributed by atoms with E-state index in [1.54, 1.807) is 0 Å². The lowest BCUT2D eigenvalue weighted by molar-refractivity contribution is 0.393. The summed E-state index contributed by atoms with van der Waals surface area (Å²) in [4.78, 5) is 4.16. The summed E-state index contributed by atoms with van der Waals surface area (Å²) in [7, 11) is 0. The molecule has 2 unspecified atom stereocenters. The number of hydrogen-bond acceptors (Lipinski definition) is 2. The van der Waals surface area contributed by atoms with E-state index in [1.807, 2.05) is 19.3 Å². The highest BCUT2D eigenvalue weighted by atomic mass is 15.1. The molecule has 13 heavy (non-hydrogen) atoms. The maximum Gasteiger partial charge on any atom is 0.105 e. The van der Waals surface area contributed by atoms with Gasteiger partial charge in [-0.1, -0.05) is 20.3 Å². The third-order valence-corrected chi connectivity index (χ3v) is 2.71. The van der Waals surface area contributed by atoms with Crippen molar-refractivity contribution < 1.29 is 0 Å². The molecule has 1 aromatic rings. The second-order valence-electron chi connectivity index (χ2n) is 3.68. The first-order chi connectivity index (χ1) is 6.15. The fourth-order valence-electron chi connectivity index (χ4n) is 1.31. The van der Waals surface area contributed by atoms with Gasteiger partial charge in [0.2, 0.25) is 0 Å². The summed E-state index contributed by atoms with van der Waals surface area (Å²) >= 11 is 0. The molecule has 0 saturated heterocycles. The monoisotopic (exact) mass is 181 g/mol. The topological polar surface area (TPSA) is 43.8 Å². The number of aromatic nitrogens is 2. The molecule has 0 aliphatic rings. The molecule has 2 atom stereocenters. The number of aryl methyl sites for hydroxylation is 1. The maximum atomic E-state index is 6.04. The van der Waals surface area contributed by atoms with Crippen LogP contribution in [0.3, 0.4) is 0 Å². The molecule has 0 aromatic carbocycles. The molecule has 2 N–H and O–H groups in total. The van der Waals surface area contributed by atoms with Crippen molar-refractivity contribution in [3.8, 4) is 0 Å². The standard InChI is InChI=1S/C10H19N3/c1-4-8(2)10(11)7-13-6-5-12-9(13)3/h5-6,8,10H,4,7,11H2,1-3H3. The number of rotatable bonds is 4. The van der Waals surface area contributed by atoms with Gasteiger partial charge in [-0.3, -0.25) is 0 Å². The van der Waals surface area contributed by atoms with E-state index < -0.39 is 0 Å². The van der Waals surface area contributed by atoms with E-state index in [1.165, 1.54) is 0 Å². The first kappa shape index (κ1) is 10.3. The minimum atomic E-state index is 0.234. The third kappa shape index (κ3) is 2.56. The minimum Gasteiger partial charge on any atom is -0.334 e. The summed E-state index contributed by atoms with van der Waals surface area (Å²) in [5.41, 5.74) is 6.04. The normalized spacial score (nSPS) is 15.7. The van der Waals surface area contributed by atoms with E-state index in [0.717, 1.165) is 18.8 Å². The molecular weight excluding hydrogens is 162 g/mol. The highest BCUT2D eigenvalue weighted by Gasteiger charge is 2.11. The van der Waals surface area contributed by atoms with Gasteiger partial charge in [-0.25, -0.2) is 4.98 Å². The average Bonchev–Trinajstić information content (AvgIpc) is 2.50. The molecule has 1 aromatic heterocycles. The lowest BCUT2D eigenvalue weighted by atomic mass is 10.0. The number of imidazole rings is 1. The Labute approximate surface area is 80.0 Å². The van der Waals surface area contributed by atoms with Crippen molar-refractivity contribution >= 4 is 0 Å². The Bertz CT molecular complexity index is 254. The Morgan fingerprint density at radius 1 is 1.62 bits per heavy atom. The third-order valence-electron chi connectivity index (χ3n) is 2.71.